The molecule has 7 heteroatoms. The molecule has 25 heavy (non-hydrogen) atoms. The average Bonchev–Trinajstić information content (AvgIpc) is 2.51. The standard InChI is InChI=1S/C18H30O5S.Na/c1-2-3-4-5-6-7-8-9-10-11-12-15-16(19)13-14-17(20)18(15)24(21,22)23;/h13-14,19-20H,2-12H2,1H3,(H,21,22,23);/q;+1/p-1. The Morgan fingerprint density at radius 1 is 0.840 bits per heavy atom. The van der Waals surface area contributed by atoms with Gasteiger partial charge in [-0.2, -0.15) is 0 Å². The van der Waals surface area contributed by atoms with Gasteiger partial charge in [0.25, 0.3) is 0 Å². The summed E-state index contributed by atoms with van der Waals surface area (Å²) in [6.45, 7) is 2.20. The van der Waals surface area contributed by atoms with E-state index in [9.17, 15) is 23.2 Å². The summed E-state index contributed by atoms with van der Waals surface area (Å²) >= 11 is 0. The van der Waals surface area contributed by atoms with E-state index in [1.807, 2.05) is 0 Å². The van der Waals surface area contributed by atoms with Crippen molar-refractivity contribution in [1.29, 1.82) is 0 Å². The summed E-state index contributed by atoms with van der Waals surface area (Å²) < 4.78 is 33.8. The molecule has 0 unspecified atom stereocenters. The van der Waals surface area contributed by atoms with Gasteiger partial charge in [0, 0.05) is 5.56 Å². The van der Waals surface area contributed by atoms with Gasteiger partial charge >= 0.3 is 29.6 Å². The molecule has 0 saturated carbocycles. The molecular formula is C18H29NaO5S. The summed E-state index contributed by atoms with van der Waals surface area (Å²) in [5.74, 6) is -0.844. The van der Waals surface area contributed by atoms with E-state index in [-0.39, 0.29) is 47.3 Å². The van der Waals surface area contributed by atoms with Crippen LogP contribution in [0.4, 0.5) is 0 Å². The van der Waals surface area contributed by atoms with Crippen molar-refractivity contribution >= 4 is 10.1 Å². The first-order chi connectivity index (χ1) is 11.4. The van der Waals surface area contributed by atoms with Crippen molar-refractivity contribution < 1.29 is 52.7 Å². The maximum Gasteiger partial charge on any atom is 1.00 e. The number of unbranched alkanes of at least 4 members (excludes halogenated alkanes) is 9. The summed E-state index contributed by atoms with van der Waals surface area (Å²) in [6, 6.07) is 2.25. The van der Waals surface area contributed by atoms with Gasteiger partial charge in [-0.3, -0.25) is 0 Å². The van der Waals surface area contributed by atoms with Crippen LogP contribution in [-0.4, -0.2) is 23.2 Å². The van der Waals surface area contributed by atoms with Crippen LogP contribution in [0, 0.1) is 0 Å². The molecule has 0 aliphatic rings. The summed E-state index contributed by atoms with van der Waals surface area (Å²) in [5.41, 5.74) is 0.0320. The van der Waals surface area contributed by atoms with Gasteiger partial charge in [0.2, 0.25) is 0 Å². The van der Waals surface area contributed by atoms with Gasteiger partial charge in [0.05, 0.1) is 0 Å². The molecule has 0 fully saturated rings. The van der Waals surface area contributed by atoms with Crippen molar-refractivity contribution in [1.82, 2.24) is 0 Å². The van der Waals surface area contributed by atoms with Gasteiger partial charge in [0.1, 0.15) is 26.5 Å². The van der Waals surface area contributed by atoms with Crippen LogP contribution < -0.4 is 29.6 Å². The molecule has 0 heterocycles. The van der Waals surface area contributed by atoms with Gasteiger partial charge < -0.3 is 14.8 Å². The third-order valence-electron chi connectivity index (χ3n) is 4.25. The van der Waals surface area contributed by atoms with E-state index >= 15 is 0 Å². The smallest absolute Gasteiger partial charge is 0.744 e. The number of hydrogen-bond donors (Lipinski definition) is 2. The first-order valence-corrected chi connectivity index (χ1v) is 10.3. The van der Waals surface area contributed by atoms with Gasteiger partial charge in [0.15, 0.2) is 0 Å². The van der Waals surface area contributed by atoms with Gasteiger partial charge in [-0.25, -0.2) is 8.42 Å². The Kier molecular flexibility index (Phi) is 12.8. The monoisotopic (exact) mass is 380 g/mol. The Morgan fingerprint density at radius 2 is 1.28 bits per heavy atom. The first kappa shape index (κ1) is 24.7. The van der Waals surface area contributed by atoms with E-state index in [4.69, 9.17) is 0 Å². The number of hydrogen-bond acceptors (Lipinski definition) is 5. The maximum atomic E-state index is 11.3. The molecule has 1 rings (SSSR count). The molecule has 0 aliphatic heterocycles. The molecule has 1 aromatic carbocycles. The quantitative estimate of drug-likeness (QED) is 0.248. The molecule has 0 aliphatic carbocycles. The van der Waals surface area contributed by atoms with Gasteiger partial charge in [-0.1, -0.05) is 64.7 Å². The fourth-order valence-corrected chi connectivity index (χ4v) is 3.75. The van der Waals surface area contributed by atoms with Crippen LogP contribution in [0.5, 0.6) is 11.5 Å². The molecule has 0 spiro atoms. The van der Waals surface area contributed by atoms with Crippen molar-refractivity contribution in [3.8, 4) is 11.5 Å². The molecular weight excluding hydrogens is 351 g/mol. The van der Waals surface area contributed by atoms with Crippen LogP contribution in [0.15, 0.2) is 17.0 Å². The minimum absolute atomic E-state index is 0. The van der Waals surface area contributed by atoms with E-state index < -0.39 is 20.8 Å². The summed E-state index contributed by atoms with van der Waals surface area (Å²) in [4.78, 5) is -0.682. The van der Waals surface area contributed by atoms with Crippen LogP contribution in [0.1, 0.15) is 76.7 Å². The van der Waals surface area contributed by atoms with Crippen LogP contribution in [0.2, 0.25) is 0 Å². The second-order valence-corrected chi connectivity index (χ2v) is 7.61. The Morgan fingerprint density at radius 3 is 1.76 bits per heavy atom. The third kappa shape index (κ3) is 9.29. The zero-order valence-corrected chi connectivity index (χ0v) is 18.3. The molecule has 0 bridgehead atoms. The fraction of sp³-hybridized carbons (Fsp3) is 0.667. The van der Waals surface area contributed by atoms with E-state index in [2.05, 4.69) is 6.92 Å². The zero-order chi connectivity index (χ0) is 18.0. The van der Waals surface area contributed by atoms with Crippen molar-refractivity contribution in [3.05, 3.63) is 17.7 Å². The summed E-state index contributed by atoms with van der Waals surface area (Å²) in [6.07, 6.45) is 11.7. The molecule has 0 radical (unpaired) electrons. The minimum Gasteiger partial charge on any atom is -0.744 e. The van der Waals surface area contributed by atoms with Gasteiger partial charge in [-0.15, -0.1) is 0 Å². The molecule has 138 valence electrons. The average molecular weight is 380 g/mol. The van der Waals surface area contributed by atoms with Crippen molar-refractivity contribution in [2.24, 2.45) is 0 Å². The fourth-order valence-electron chi connectivity index (χ4n) is 2.91. The normalized spacial score (nSPS) is 11.3. The Balaban J connectivity index is 0.00000576. The molecule has 1 aromatic rings. The van der Waals surface area contributed by atoms with E-state index in [1.54, 1.807) is 0 Å². The summed E-state index contributed by atoms with van der Waals surface area (Å²) in [5, 5.41) is 19.4. The third-order valence-corrected chi connectivity index (χ3v) is 5.20. The van der Waals surface area contributed by atoms with Crippen molar-refractivity contribution in [2.75, 3.05) is 0 Å². The molecule has 0 atom stereocenters. The van der Waals surface area contributed by atoms with E-state index in [0.29, 0.717) is 6.42 Å². The number of rotatable bonds is 12. The van der Waals surface area contributed by atoms with Crippen molar-refractivity contribution in [3.63, 3.8) is 0 Å². The zero-order valence-electron chi connectivity index (χ0n) is 15.5. The Bertz CT molecular complexity index is 602. The second-order valence-electron chi connectivity index (χ2n) is 6.30. The molecule has 0 saturated heterocycles. The number of benzene rings is 1. The van der Waals surface area contributed by atoms with Gasteiger partial charge in [-0.05, 0) is 25.0 Å². The summed E-state index contributed by atoms with van der Waals surface area (Å²) in [7, 11) is -4.81. The molecule has 2 N–H and O–H groups in total. The number of aromatic hydroxyl groups is 2. The predicted molar refractivity (Wildman–Crippen MR) is 93.3 cm³/mol. The Labute approximate surface area is 173 Å². The first-order valence-electron chi connectivity index (χ1n) is 8.87. The van der Waals surface area contributed by atoms with Crippen LogP contribution in [-0.2, 0) is 16.5 Å². The minimum atomic E-state index is -4.81. The van der Waals surface area contributed by atoms with Crippen LogP contribution in [0.25, 0.3) is 0 Å². The molecule has 0 aromatic heterocycles. The molecule has 5 nitrogen and oxygen atoms in total. The van der Waals surface area contributed by atoms with Crippen LogP contribution in [0.3, 0.4) is 0 Å². The van der Waals surface area contributed by atoms with Crippen molar-refractivity contribution in [2.45, 2.75) is 82.4 Å². The van der Waals surface area contributed by atoms with E-state index in [0.717, 1.165) is 25.3 Å². The van der Waals surface area contributed by atoms with Crippen LogP contribution >= 0.6 is 0 Å². The number of phenolic OH excluding ortho intramolecular Hbond substituents is 2. The Hall–Kier alpha value is -0.270. The molecule has 0 amide bonds. The largest absolute Gasteiger partial charge is 1.00 e. The van der Waals surface area contributed by atoms with E-state index in [1.165, 1.54) is 44.6 Å². The predicted octanol–water partition coefficient (Wildman–Crippen LogP) is 1.47. The second kappa shape index (κ2) is 13.0. The maximum absolute atomic E-state index is 11.3. The topological polar surface area (TPSA) is 97.7 Å². The SMILES string of the molecule is CCCCCCCCCCCCc1c(O)ccc(O)c1S(=O)(=O)[O-].[Na+]. The number of phenols is 2.